The second-order valence-corrected chi connectivity index (χ2v) is 9.19. The van der Waals surface area contributed by atoms with Crippen LogP contribution in [0.15, 0.2) is 54.9 Å². The largest absolute Gasteiger partial charge is 0.524 e. The standard InChI is InChI=1S/C23H21F3N3O5P/c1-13(2)21-22(15-7-8-18(33-3)19(10-15)34-35(30,31)32)29-12-17(27-11-20(29)28-21)14-5-4-6-16(9-14)23(24,25)26/h4-13H,1-3H3,(H2,30,31,32). The molecule has 8 nitrogen and oxygen atoms in total. The van der Waals surface area contributed by atoms with Crippen molar-refractivity contribution in [2.75, 3.05) is 7.11 Å². The molecular weight excluding hydrogens is 486 g/mol. The number of benzene rings is 2. The molecule has 0 saturated carbocycles. The number of ether oxygens (including phenoxy) is 1. The number of aromatic nitrogens is 3. The summed E-state index contributed by atoms with van der Waals surface area (Å²) in [5.41, 5.74) is 1.95. The molecule has 0 bridgehead atoms. The van der Waals surface area contributed by atoms with E-state index in [1.165, 1.54) is 37.6 Å². The van der Waals surface area contributed by atoms with Gasteiger partial charge in [-0.25, -0.2) is 9.55 Å². The summed E-state index contributed by atoms with van der Waals surface area (Å²) in [6, 6.07) is 9.44. The number of imidazole rings is 1. The summed E-state index contributed by atoms with van der Waals surface area (Å²) in [7, 11) is -3.54. The van der Waals surface area contributed by atoms with Gasteiger partial charge in [0.15, 0.2) is 17.1 Å². The van der Waals surface area contributed by atoms with Crippen molar-refractivity contribution in [3.63, 3.8) is 0 Å². The molecule has 0 unspecified atom stereocenters. The molecule has 0 amide bonds. The molecule has 0 aliphatic carbocycles. The van der Waals surface area contributed by atoms with Gasteiger partial charge in [-0.1, -0.05) is 26.0 Å². The predicted molar refractivity (Wildman–Crippen MR) is 122 cm³/mol. The maximum Gasteiger partial charge on any atom is 0.524 e. The minimum absolute atomic E-state index is 0.0600. The smallest absolute Gasteiger partial charge is 0.493 e. The number of alkyl halides is 3. The highest BCUT2D eigenvalue weighted by atomic mass is 31.2. The number of phosphoric acid groups is 1. The Morgan fingerprint density at radius 2 is 1.80 bits per heavy atom. The lowest BCUT2D eigenvalue weighted by Gasteiger charge is -2.14. The van der Waals surface area contributed by atoms with Gasteiger partial charge >= 0.3 is 14.0 Å². The quantitative estimate of drug-likeness (QED) is 0.323. The molecule has 35 heavy (non-hydrogen) atoms. The third-order valence-corrected chi connectivity index (χ3v) is 5.66. The number of methoxy groups -OCH3 is 1. The lowest BCUT2D eigenvalue weighted by atomic mass is 10.0. The summed E-state index contributed by atoms with van der Waals surface area (Å²) in [5.74, 6) is -0.117. The van der Waals surface area contributed by atoms with Gasteiger partial charge in [0, 0.05) is 17.3 Å². The van der Waals surface area contributed by atoms with Crippen molar-refractivity contribution in [2.45, 2.75) is 25.9 Å². The van der Waals surface area contributed by atoms with Crippen LogP contribution in [0, 0.1) is 0 Å². The first-order valence-corrected chi connectivity index (χ1v) is 11.9. The van der Waals surface area contributed by atoms with E-state index in [0.29, 0.717) is 22.6 Å². The van der Waals surface area contributed by atoms with E-state index in [-0.39, 0.29) is 28.7 Å². The summed E-state index contributed by atoms with van der Waals surface area (Å²) in [4.78, 5) is 27.5. The number of halogens is 3. The van der Waals surface area contributed by atoms with Crippen LogP contribution in [-0.2, 0) is 10.7 Å². The van der Waals surface area contributed by atoms with Crippen LogP contribution in [0.1, 0.15) is 31.0 Å². The van der Waals surface area contributed by atoms with Crippen LogP contribution in [0.2, 0.25) is 0 Å². The topological polar surface area (TPSA) is 106 Å². The van der Waals surface area contributed by atoms with Gasteiger partial charge in [0.05, 0.1) is 36.0 Å². The number of hydrogen-bond acceptors (Lipinski definition) is 5. The highest BCUT2D eigenvalue weighted by Crippen LogP contribution is 2.44. The monoisotopic (exact) mass is 507 g/mol. The maximum absolute atomic E-state index is 13.2. The summed E-state index contributed by atoms with van der Waals surface area (Å²) in [6.45, 7) is 3.84. The molecule has 2 aromatic carbocycles. The number of hydrogen-bond donors (Lipinski definition) is 2. The molecule has 2 N–H and O–H groups in total. The Morgan fingerprint density at radius 1 is 1.06 bits per heavy atom. The summed E-state index contributed by atoms with van der Waals surface area (Å²) in [6.07, 6.45) is -1.46. The summed E-state index contributed by atoms with van der Waals surface area (Å²) >= 11 is 0. The SMILES string of the molecule is COc1ccc(-c2c(C(C)C)nc3cnc(-c4cccc(C(F)(F)F)c4)cn23)cc1OP(=O)(O)O. The van der Waals surface area contributed by atoms with E-state index in [1.54, 1.807) is 16.7 Å². The average molecular weight is 507 g/mol. The molecule has 0 spiro atoms. The number of phosphoric ester groups is 1. The minimum Gasteiger partial charge on any atom is -0.493 e. The molecule has 184 valence electrons. The van der Waals surface area contributed by atoms with E-state index in [0.717, 1.165) is 12.1 Å². The third kappa shape index (κ3) is 5.17. The van der Waals surface area contributed by atoms with Gasteiger partial charge in [-0.05, 0) is 36.2 Å². The number of rotatable bonds is 6. The van der Waals surface area contributed by atoms with Crippen LogP contribution in [0.5, 0.6) is 11.5 Å². The molecule has 0 aliphatic heterocycles. The predicted octanol–water partition coefficient (Wildman–Crippen LogP) is 5.69. The van der Waals surface area contributed by atoms with Crippen molar-refractivity contribution < 1.29 is 36.8 Å². The Morgan fingerprint density at radius 3 is 2.43 bits per heavy atom. The van der Waals surface area contributed by atoms with Crippen LogP contribution >= 0.6 is 7.82 Å². The zero-order valence-electron chi connectivity index (χ0n) is 18.8. The molecule has 4 rings (SSSR count). The highest BCUT2D eigenvalue weighted by Gasteiger charge is 2.30. The Balaban J connectivity index is 1.92. The first-order valence-electron chi connectivity index (χ1n) is 10.4. The van der Waals surface area contributed by atoms with Crippen LogP contribution in [0.4, 0.5) is 13.2 Å². The normalized spacial score (nSPS) is 12.4. The van der Waals surface area contributed by atoms with E-state index in [2.05, 4.69) is 9.97 Å². The van der Waals surface area contributed by atoms with Gasteiger partial charge < -0.3 is 9.26 Å². The first kappa shape index (κ1) is 24.7. The average Bonchev–Trinajstić information content (AvgIpc) is 3.16. The Labute approximate surface area is 198 Å². The third-order valence-electron chi connectivity index (χ3n) is 5.22. The molecule has 2 heterocycles. The van der Waals surface area contributed by atoms with Crippen LogP contribution in [0.3, 0.4) is 0 Å². The molecule has 0 aliphatic rings. The van der Waals surface area contributed by atoms with Crippen molar-refractivity contribution in [2.24, 2.45) is 0 Å². The van der Waals surface area contributed by atoms with Gasteiger partial charge in [0.25, 0.3) is 0 Å². The number of fused-ring (bicyclic) bond motifs is 1. The molecule has 0 fully saturated rings. The van der Waals surface area contributed by atoms with Gasteiger partial charge in [0.2, 0.25) is 0 Å². The van der Waals surface area contributed by atoms with E-state index < -0.39 is 19.6 Å². The Hall–Kier alpha value is -3.40. The molecule has 0 atom stereocenters. The summed E-state index contributed by atoms with van der Waals surface area (Å²) < 4.78 is 62.8. The second kappa shape index (κ2) is 8.99. The van der Waals surface area contributed by atoms with Gasteiger partial charge in [0.1, 0.15) is 0 Å². The Kier molecular flexibility index (Phi) is 6.35. The fraction of sp³-hybridized carbons (Fsp3) is 0.217. The highest BCUT2D eigenvalue weighted by molar-refractivity contribution is 7.46. The Bertz CT molecular complexity index is 1450. The fourth-order valence-electron chi connectivity index (χ4n) is 3.69. The van der Waals surface area contributed by atoms with Crippen molar-refractivity contribution in [1.82, 2.24) is 14.4 Å². The van der Waals surface area contributed by atoms with E-state index in [4.69, 9.17) is 9.26 Å². The molecule has 0 radical (unpaired) electrons. The number of nitrogens with zero attached hydrogens (tertiary/aromatic N) is 3. The lowest BCUT2D eigenvalue weighted by molar-refractivity contribution is -0.137. The van der Waals surface area contributed by atoms with Crippen LogP contribution in [0.25, 0.3) is 28.2 Å². The molecule has 0 saturated heterocycles. The van der Waals surface area contributed by atoms with E-state index in [1.807, 2.05) is 13.8 Å². The van der Waals surface area contributed by atoms with Crippen molar-refractivity contribution in [1.29, 1.82) is 0 Å². The maximum atomic E-state index is 13.2. The van der Waals surface area contributed by atoms with Crippen LogP contribution < -0.4 is 9.26 Å². The zero-order chi connectivity index (χ0) is 25.5. The van der Waals surface area contributed by atoms with Gasteiger partial charge in [-0.3, -0.25) is 19.2 Å². The van der Waals surface area contributed by atoms with Crippen molar-refractivity contribution in [3.05, 3.63) is 66.1 Å². The molecule has 12 heteroatoms. The van der Waals surface area contributed by atoms with E-state index >= 15 is 0 Å². The zero-order valence-corrected chi connectivity index (χ0v) is 19.7. The van der Waals surface area contributed by atoms with Crippen LogP contribution in [-0.4, -0.2) is 31.3 Å². The van der Waals surface area contributed by atoms with Gasteiger partial charge in [-0.2, -0.15) is 13.2 Å². The molecule has 2 aromatic heterocycles. The molecular formula is C23H21F3N3O5P. The van der Waals surface area contributed by atoms with Crippen molar-refractivity contribution >= 4 is 13.5 Å². The fourth-order valence-corrected chi connectivity index (χ4v) is 4.09. The minimum atomic E-state index is -4.87. The lowest BCUT2D eigenvalue weighted by Crippen LogP contribution is -2.04. The molecule has 4 aromatic rings. The van der Waals surface area contributed by atoms with Crippen molar-refractivity contribution in [3.8, 4) is 34.0 Å². The van der Waals surface area contributed by atoms with E-state index in [9.17, 15) is 27.5 Å². The first-order chi connectivity index (χ1) is 16.4. The van der Waals surface area contributed by atoms with Gasteiger partial charge in [-0.15, -0.1) is 0 Å². The summed E-state index contributed by atoms with van der Waals surface area (Å²) in [5, 5.41) is 0. The second-order valence-electron chi connectivity index (χ2n) is 8.03.